The molecule has 2 aromatic heterocycles. The zero-order valence-corrected chi connectivity index (χ0v) is 14.8. The lowest BCUT2D eigenvalue weighted by Crippen LogP contribution is -2.21. The Morgan fingerprint density at radius 3 is 2.79 bits per heavy atom. The molecule has 0 aliphatic rings. The number of hydrogen-bond acceptors (Lipinski definition) is 5. The maximum Gasteiger partial charge on any atom is 0.324 e. The summed E-state index contributed by atoms with van der Waals surface area (Å²) in [6, 6.07) is 9.41. The van der Waals surface area contributed by atoms with E-state index in [1.807, 2.05) is 18.2 Å². The number of rotatable bonds is 3. The molecule has 2 aromatic carbocycles. The van der Waals surface area contributed by atoms with Crippen molar-refractivity contribution < 1.29 is 9.18 Å². The van der Waals surface area contributed by atoms with Gasteiger partial charge < -0.3 is 11.1 Å². The molecular weight excluding hydrogens is 361 g/mol. The topological polar surface area (TPSA) is 122 Å². The van der Waals surface area contributed by atoms with Crippen LogP contribution in [0.5, 0.6) is 0 Å². The van der Waals surface area contributed by atoms with E-state index in [2.05, 4.69) is 30.8 Å². The molecule has 0 atom stereocenters. The molecule has 8 nitrogen and oxygen atoms in total. The van der Waals surface area contributed by atoms with Gasteiger partial charge in [-0.05, 0) is 30.7 Å². The molecule has 4 rings (SSSR count). The normalized spacial score (nSPS) is 10.8. The smallest absolute Gasteiger partial charge is 0.324 e. The zero-order valence-electron chi connectivity index (χ0n) is 14.8. The zero-order chi connectivity index (χ0) is 19.7. The van der Waals surface area contributed by atoms with Crippen LogP contribution in [0, 0.1) is 12.7 Å². The first kappa shape index (κ1) is 17.4. The standard InChI is InChI=1S/C19H16FN7O/c1-10-5-6-12(20)14(7-10)24-19(28)25-16-9-22-15(8-23-16)11-3-2-4-13-17(11)18(21)27-26-13/h2-9H,1H3,(H3,21,26,27)(H2,23,24,25,28). The van der Waals surface area contributed by atoms with E-state index in [4.69, 9.17) is 5.73 Å². The number of aryl methyl sites for hydroxylation is 1. The van der Waals surface area contributed by atoms with Gasteiger partial charge in [0.1, 0.15) is 5.82 Å². The Labute approximate surface area is 159 Å². The molecule has 0 bridgehead atoms. The number of nitrogen functional groups attached to an aromatic ring is 1. The van der Waals surface area contributed by atoms with Gasteiger partial charge in [0, 0.05) is 5.56 Å². The summed E-state index contributed by atoms with van der Waals surface area (Å²) >= 11 is 0. The third kappa shape index (κ3) is 3.32. The second kappa shape index (κ2) is 6.95. The van der Waals surface area contributed by atoms with Gasteiger partial charge in [-0.25, -0.2) is 14.2 Å². The number of carbonyl (C=O) groups is 1. The largest absolute Gasteiger partial charge is 0.382 e. The summed E-state index contributed by atoms with van der Waals surface area (Å²) in [6.07, 6.45) is 2.93. The summed E-state index contributed by atoms with van der Waals surface area (Å²) in [5.74, 6) is 0.0730. The van der Waals surface area contributed by atoms with Crippen molar-refractivity contribution in [2.75, 3.05) is 16.4 Å². The first-order chi connectivity index (χ1) is 13.5. The van der Waals surface area contributed by atoms with Crippen LogP contribution in [0.15, 0.2) is 48.8 Å². The maximum atomic E-state index is 13.8. The van der Waals surface area contributed by atoms with Gasteiger partial charge in [0.05, 0.1) is 34.7 Å². The minimum atomic E-state index is -0.618. The van der Waals surface area contributed by atoms with Crippen molar-refractivity contribution in [1.29, 1.82) is 0 Å². The van der Waals surface area contributed by atoms with Crippen LogP contribution in [-0.2, 0) is 0 Å². The minimum absolute atomic E-state index is 0.0872. The number of benzene rings is 2. The molecule has 0 spiro atoms. The maximum absolute atomic E-state index is 13.8. The molecule has 140 valence electrons. The Hall–Kier alpha value is -4.01. The summed E-state index contributed by atoms with van der Waals surface area (Å²) in [4.78, 5) is 20.6. The highest BCUT2D eigenvalue weighted by atomic mass is 19.1. The van der Waals surface area contributed by atoms with Crippen molar-refractivity contribution in [1.82, 2.24) is 20.2 Å². The van der Waals surface area contributed by atoms with Gasteiger partial charge in [0.25, 0.3) is 0 Å². The predicted molar refractivity (Wildman–Crippen MR) is 105 cm³/mol. The number of nitrogens with zero attached hydrogens (tertiary/aromatic N) is 3. The summed E-state index contributed by atoms with van der Waals surface area (Å²) in [5.41, 5.74) is 8.98. The highest BCUT2D eigenvalue weighted by Gasteiger charge is 2.12. The fourth-order valence-corrected chi connectivity index (χ4v) is 2.85. The van der Waals surface area contributed by atoms with Crippen LogP contribution in [0.3, 0.4) is 0 Å². The molecule has 0 saturated carbocycles. The molecule has 0 saturated heterocycles. The van der Waals surface area contributed by atoms with Crippen molar-refractivity contribution in [3.63, 3.8) is 0 Å². The molecule has 0 fully saturated rings. The number of urea groups is 1. The molecule has 0 unspecified atom stereocenters. The van der Waals surface area contributed by atoms with Crippen LogP contribution >= 0.6 is 0 Å². The summed E-state index contributed by atoms with van der Waals surface area (Å²) in [5, 5.41) is 12.6. The van der Waals surface area contributed by atoms with Gasteiger partial charge >= 0.3 is 6.03 Å². The molecule has 9 heteroatoms. The van der Waals surface area contributed by atoms with E-state index in [9.17, 15) is 9.18 Å². The highest BCUT2D eigenvalue weighted by Crippen LogP contribution is 2.29. The molecule has 0 radical (unpaired) electrons. The molecule has 2 heterocycles. The van der Waals surface area contributed by atoms with Crippen LogP contribution in [0.2, 0.25) is 0 Å². The molecule has 28 heavy (non-hydrogen) atoms. The van der Waals surface area contributed by atoms with E-state index in [0.29, 0.717) is 11.5 Å². The lowest BCUT2D eigenvalue weighted by molar-refractivity contribution is 0.262. The summed E-state index contributed by atoms with van der Waals surface area (Å²) in [6.45, 7) is 1.81. The molecule has 4 aromatic rings. The van der Waals surface area contributed by atoms with Crippen molar-refractivity contribution in [3.8, 4) is 11.3 Å². The Balaban J connectivity index is 1.52. The molecule has 0 aliphatic carbocycles. The summed E-state index contributed by atoms with van der Waals surface area (Å²) in [7, 11) is 0. The third-order valence-corrected chi connectivity index (χ3v) is 4.16. The average Bonchev–Trinajstić information content (AvgIpc) is 3.07. The molecule has 2 amide bonds. The lowest BCUT2D eigenvalue weighted by Gasteiger charge is -2.09. The number of hydrogen-bond donors (Lipinski definition) is 4. The van der Waals surface area contributed by atoms with Crippen molar-refractivity contribution in [2.24, 2.45) is 0 Å². The monoisotopic (exact) mass is 377 g/mol. The molecule has 5 N–H and O–H groups in total. The Morgan fingerprint density at radius 1 is 1.14 bits per heavy atom. The quantitative estimate of drug-likeness (QED) is 0.434. The average molecular weight is 377 g/mol. The first-order valence-electron chi connectivity index (χ1n) is 8.40. The van der Waals surface area contributed by atoms with Gasteiger partial charge in [-0.3, -0.25) is 15.4 Å². The summed E-state index contributed by atoms with van der Waals surface area (Å²) < 4.78 is 13.8. The van der Waals surface area contributed by atoms with E-state index in [0.717, 1.165) is 22.0 Å². The molecular formula is C19H16FN7O. The number of nitrogens with one attached hydrogen (secondary N) is 3. The van der Waals surface area contributed by atoms with Crippen LogP contribution in [-0.4, -0.2) is 26.2 Å². The van der Waals surface area contributed by atoms with Gasteiger partial charge in [-0.2, -0.15) is 5.10 Å². The second-order valence-electron chi connectivity index (χ2n) is 6.19. The number of fused-ring (bicyclic) bond motifs is 1. The van der Waals surface area contributed by atoms with Gasteiger partial charge in [0.15, 0.2) is 11.6 Å². The first-order valence-corrected chi connectivity index (χ1v) is 8.40. The van der Waals surface area contributed by atoms with Gasteiger partial charge in [-0.1, -0.05) is 18.2 Å². The number of amides is 2. The Kier molecular flexibility index (Phi) is 4.32. The van der Waals surface area contributed by atoms with Gasteiger partial charge in [-0.15, -0.1) is 0 Å². The van der Waals surface area contributed by atoms with Crippen LogP contribution in [0.25, 0.3) is 22.2 Å². The van der Waals surface area contributed by atoms with E-state index in [-0.39, 0.29) is 11.5 Å². The number of halogens is 1. The second-order valence-corrected chi connectivity index (χ2v) is 6.19. The van der Waals surface area contributed by atoms with Crippen molar-refractivity contribution in [3.05, 3.63) is 60.2 Å². The lowest BCUT2D eigenvalue weighted by atomic mass is 10.1. The van der Waals surface area contributed by atoms with Gasteiger partial charge in [0.2, 0.25) is 0 Å². The Morgan fingerprint density at radius 2 is 2.00 bits per heavy atom. The van der Waals surface area contributed by atoms with E-state index >= 15 is 0 Å². The predicted octanol–water partition coefficient (Wildman–Crippen LogP) is 3.69. The van der Waals surface area contributed by atoms with E-state index in [1.165, 1.54) is 18.5 Å². The number of anilines is 3. The fourth-order valence-electron chi connectivity index (χ4n) is 2.85. The SMILES string of the molecule is Cc1ccc(F)c(NC(=O)Nc2cnc(-c3cccc4[nH]nc(N)c34)cn2)c1. The van der Waals surface area contributed by atoms with Crippen molar-refractivity contribution in [2.45, 2.75) is 6.92 Å². The van der Waals surface area contributed by atoms with Crippen LogP contribution < -0.4 is 16.4 Å². The number of carbonyl (C=O) groups excluding carboxylic acids is 1. The Bertz CT molecular complexity index is 1170. The molecule has 0 aliphatic heterocycles. The number of aromatic amines is 1. The minimum Gasteiger partial charge on any atom is -0.382 e. The highest BCUT2D eigenvalue weighted by molar-refractivity contribution is 6.01. The van der Waals surface area contributed by atoms with E-state index in [1.54, 1.807) is 19.1 Å². The van der Waals surface area contributed by atoms with E-state index < -0.39 is 11.8 Å². The van der Waals surface area contributed by atoms with Crippen LogP contribution in [0.1, 0.15) is 5.56 Å². The number of H-pyrrole nitrogens is 1. The third-order valence-electron chi connectivity index (χ3n) is 4.16. The number of aromatic nitrogens is 4. The van der Waals surface area contributed by atoms with Crippen molar-refractivity contribution >= 4 is 34.3 Å². The van der Waals surface area contributed by atoms with Crippen LogP contribution in [0.4, 0.5) is 26.5 Å². The fraction of sp³-hybridized carbons (Fsp3) is 0.0526. The number of nitrogens with two attached hydrogens (primary N) is 1.